The first-order valence-electron chi connectivity index (χ1n) is 10.4. The topological polar surface area (TPSA) is 121 Å². The molecule has 0 radical (unpaired) electrons. The molecule has 0 bridgehead atoms. The van der Waals surface area contributed by atoms with E-state index in [4.69, 9.17) is 10.7 Å². The summed E-state index contributed by atoms with van der Waals surface area (Å²) in [4.78, 5) is 22.6. The van der Waals surface area contributed by atoms with Crippen molar-refractivity contribution in [2.24, 2.45) is 5.73 Å². The zero-order chi connectivity index (χ0) is 20.7. The van der Waals surface area contributed by atoms with E-state index >= 15 is 0 Å². The number of rotatable bonds is 5. The Morgan fingerprint density at radius 1 is 1.17 bits per heavy atom. The number of carbonyl (C=O) groups excluding carboxylic acids is 1. The Labute approximate surface area is 174 Å². The number of H-pyrrole nitrogens is 1. The molecule has 0 spiro atoms. The molecule has 1 amide bonds. The van der Waals surface area contributed by atoms with Gasteiger partial charge in [-0.15, -0.1) is 10.2 Å². The van der Waals surface area contributed by atoms with Crippen LogP contribution in [0.3, 0.4) is 0 Å². The maximum absolute atomic E-state index is 12.5. The number of carbonyl (C=O) groups is 1. The lowest BCUT2D eigenvalue weighted by molar-refractivity contribution is 0.0996. The number of piperidine rings is 1. The fourth-order valence-electron chi connectivity index (χ4n) is 4.33. The number of primary amides is 1. The first-order chi connectivity index (χ1) is 14.6. The highest BCUT2D eigenvalue weighted by Gasteiger charge is 2.36. The highest BCUT2D eigenvalue weighted by Crippen LogP contribution is 2.49. The molecule has 2 fully saturated rings. The molecule has 2 aromatic heterocycles. The fourth-order valence-corrected chi connectivity index (χ4v) is 4.33. The molecule has 1 aromatic carbocycles. The molecule has 1 saturated heterocycles. The molecule has 30 heavy (non-hydrogen) atoms. The Balaban J connectivity index is 1.86. The van der Waals surface area contributed by atoms with Gasteiger partial charge in [-0.3, -0.25) is 4.79 Å². The molecule has 1 atom stereocenters. The summed E-state index contributed by atoms with van der Waals surface area (Å²) in [6.07, 6.45) is 4.76. The Morgan fingerprint density at radius 2 is 1.97 bits per heavy atom. The quantitative estimate of drug-likeness (QED) is 0.601. The van der Waals surface area contributed by atoms with Crippen LogP contribution in [0, 0.1) is 0 Å². The van der Waals surface area contributed by atoms with Crippen LogP contribution in [-0.4, -0.2) is 50.4 Å². The van der Waals surface area contributed by atoms with Gasteiger partial charge in [0, 0.05) is 24.6 Å². The van der Waals surface area contributed by atoms with Gasteiger partial charge in [-0.25, -0.2) is 4.98 Å². The van der Waals surface area contributed by atoms with E-state index < -0.39 is 12.0 Å². The number of aliphatic hydroxyl groups is 1. The standard InChI is InChI=1S/C22H24N6O2/c23-21(30)19-16(13-5-2-1-3-6-13)20(28-10-4-7-15(29)11-28)17(22-24-12-25-27-22)18(26-19)14-8-9-14/h1-3,5-6,12,14-15,29H,4,7-11H2,(H2,23,30)(H,24,25,27). The largest absolute Gasteiger partial charge is 0.391 e. The molecular weight excluding hydrogens is 380 g/mol. The van der Waals surface area contributed by atoms with Gasteiger partial charge in [-0.2, -0.15) is 0 Å². The molecule has 3 heterocycles. The minimum atomic E-state index is -0.557. The number of anilines is 1. The van der Waals surface area contributed by atoms with Crippen LogP contribution < -0.4 is 10.6 Å². The molecule has 3 aromatic rings. The highest BCUT2D eigenvalue weighted by molar-refractivity contribution is 6.05. The number of nitrogens with one attached hydrogen (secondary N) is 1. The number of hydrogen-bond acceptors (Lipinski definition) is 6. The van der Waals surface area contributed by atoms with Crippen molar-refractivity contribution in [2.45, 2.75) is 37.7 Å². The average Bonchev–Trinajstić information content (AvgIpc) is 3.46. The number of pyridine rings is 1. The SMILES string of the molecule is NC(=O)c1nc(C2CC2)c(-c2nnc[nH]2)c(N2CCCC(O)C2)c1-c1ccccc1. The summed E-state index contributed by atoms with van der Waals surface area (Å²) in [5, 5.41) is 18.7. The van der Waals surface area contributed by atoms with E-state index in [-0.39, 0.29) is 11.6 Å². The molecule has 4 N–H and O–H groups in total. The first-order valence-corrected chi connectivity index (χ1v) is 10.4. The second-order valence-corrected chi connectivity index (χ2v) is 8.03. The number of aromatic amines is 1. The third-order valence-corrected chi connectivity index (χ3v) is 5.82. The van der Waals surface area contributed by atoms with Crippen molar-refractivity contribution in [3.05, 3.63) is 48.0 Å². The van der Waals surface area contributed by atoms with E-state index in [1.165, 1.54) is 0 Å². The van der Waals surface area contributed by atoms with Gasteiger partial charge in [-0.05, 0) is 31.2 Å². The second kappa shape index (κ2) is 7.53. The minimum Gasteiger partial charge on any atom is -0.391 e. The van der Waals surface area contributed by atoms with Crippen LogP contribution >= 0.6 is 0 Å². The van der Waals surface area contributed by atoms with Gasteiger partial charge in [0.1, 0.15) is 12.0 Å². The van der Waals surface area contributed by atoms with Gasteiger partial charge in [0.05, 0.1) is 23.0 Å². The molecule has 2 aliphatic rings. The third kappa shape index (κ3) is 3.33. The third-order valence-electron chi connectivity index (χ3n) is 5.82. The van der Waals surface area contributed by atoms with E-state index in [9.17, 15) is 9.90 Å². The zero-order valence-electron chi connectivity index (χ0n) is 16.6. The molecule has 1 saturated carbocycles. The summed E-state index contributed by atoms with van der Waals surface area (Å²) in [5.74, 6) is 0.327. The van der Waals surface area contributed by atoms with Gasteiger partial charge in [0.25, 0.3) is 5.91 Å². The fraction of sp³-hybridized carbons (Fsp3) is 0.364. The van der Waals surface area contributed by atoms with Crippen LogP contribution in [0.15, 0.2) is 36.7 Å². The molecule has 154 valence electrons. The number of nitrogens with zero attached hydrogens (tertiary/aromatic N) is 4. The van der Waals surface area contributed by atoms with E-state index in [0.29, 0.717) is 17.9 Å². The molecular formula is C22H24N6O2. The Kier molecular flexibility index (Phi) is 4.71. The number of hydrogen-bond donors (Lipinski definition) is 3. The maximum Gasteiger partial charge on any atom is 0.268 e. The lowest BCUT2D eigenvalue weighted by Crippen LogP contribution is -2.39. The summed E-state index contributed by atoms with van der Waals surface area (Å²) < 4.78 is 0. The van der Waals surface area contributed by atoms with Crippen LogP contribution in [0.25, 0.3) is 22.5 Å². The number of amides is 1. The number of aliphatic hydroxyl groups excluding tert-OH is 1. The van der Waals surface area contributed by atoms with Gasteiger partial charge < -0.3 is 20.7 Å². The minimum absolute atomic E-state index is 0.265. The Bertz CT molecular complexity index is 1060. The van der Waals surface area contributed by atoms with Crippen LogP contribution in [-0.2, 0) is 0 Å². The molecule has 5 rings (SSSR count). The van der Waals surface area contributed by atoms with Gasteiger partial charge in [-0.1, -0.05) is 30.3 Å². The summed E-state index contributed by atoms with van der Waals surface area (Å²) >= 11 is 0. The van der Waals surface area contributed by atoms with Crippen LogP contribution in [0.1, 0.15) is 47.8 Å². The van der Waals surface area contributed by atoms with Gasteiger partial charge >= 0.3 is 0 Å². The van der Waals surface area contributed by atoms with E-state index in [1.807, 2.05) is 30.3 Å². The van der Waals surface area contributed by atoms with Gasteiger partial charge in [0.15, 0.2) is 5.82 Å². The second-order valence-electron chi connectivity index (χ2n) is 8.03. The van der Waals surface area contributed by atoms with Crippen LogP contribution in [0.4, 0.5) is 5.69 Å². The summed E-state index contributed by atoms with van der Waals surface area (Å²) in [5.41, 5.74) is 10.2. The van der Waals surface area contributed by atoms with Gasteiger partial charge in [0.2, 0.25) is 0 Å². The lowest BCUT2D eigenvalue weighted by atomic mass is 9.93. The molecule has 1 aliphatic heterocycles. The van der Waals surface area contributed by atoms with Crippen LogP contribution in [0.2, 0.25) is 0 Å². The van der Waals surface area contributed by atoms with Crippen molar-refractivity contribution in [3.63, 3.8) is 0 Å². The first kappa shape index (κ1) is 18.7. The van der Waals surface area contributed by atoms with Crippen molar-refractivity contribution in [1.29, 1.82) is 0 Å². The summed E-state index contributed by atoms with van der Waals surface area (Å²) in [7, 11) is 0. The number of benzene rings is 1. The maximum atomic E-state index is 12.5. The Hall–Kier alpha value is -3.26. The van der Waals surface area contributed by atoms with Crippen molar-refractivity contribution < 1.29 is 9.90 Å². The lowest BCUT2D eigenvalue weighted by Gasteiger charge is -2.35. The normalized spacial score (nSPS) is 19.1. The number of nitrogens with two attached hydrogens (primary N) is 1. The van der Waals surface area contributed by atoms with E-state index in [0.717, 1.165) is 54.7 Å². The van der Waals surface area contributed by atoms with Crippen molar-refractivity contribution in [1.82, 2.24) is 20.2 Å². The Morgan fingerprint density at radius 3 is 2.60 bits per heavy atom. The number of β-amino-alcohol motifs (C(OH)–C–C–N with tert-alkyl or cyclic N) is 1. The monoisotopic (exact) mass is 404 g/mol. The smallest absolute Gasteiger partial charge is 0.268 e. The predicted octanol–water partition coefficient (Wildman–Crippen LogP) is 2.47. The molecule has 1 aliphatic carbocycles. The van der Waals surface area contributed by atoms with Crippen LogP contribution in [0.5, 0.6) is 0 Å². The average molecular weight is 404 g/mol. The zero-order valence-corrected chi connectivity index (χ0v) is 16.6. The molecule has 8 heteroatoms. The molecule has 1 unspecified atom stereocenters. The summed E-state index contributed by atoms with van der Waals surface area (Å²) in [6.45, 7) is 1.25. The van der Waals surface area contributed by atoms with Crippen molar-refractivity contribution >= 4 is 11.6 Å². The predicted molar refractivity (Wildman–Crippen MR) is 113 cm³/mol. The summed E-state index contributed by atoms with van der Waals surface area (Å²) in [6, 6.07) is 9.69. The van der Waals surface area contributed by atoms with E-state index in [2.05, 4.69) is 20.1 Å². The highest BCUT2D eigenvalue weighted by atomic mass is 16.3. The van der Waals surface area contributed by atoms with Crippen molar-refractivity contribution in [3.8, 4) is 22.5 Å². The van der Waals surface area contributed by atoms with E-state index in [1.54, 1.807) is 6.33 Å². The molecule has 8 nitrogen and oxygen atoms in total. The number of aromatic nitrogens is 4. The van der Waals surface area contributed by atoms with Crippen molar-refractivity contribution in [2.75, 3.05) is 18.0 Å².